The molecule has 0 aliphatic heterocycles. The fraction of sp³-hybridized carbons (Fsp3) is 0.769. The van der Waals surface area contributed by atoms with Gasteiger partial charge in [-0.1, -0.05) is 0 Å². The molecule has 0 aromatic carbocycles. The van der Waals surface area contributed by atoms with Crippen molar-refractivity contribution in [2.45, 2.75) is 38.9 Å². The average Bonchev–Trinajstić information content (AvgIpc) is 2.75. The van der Waals surface area contributed by atoms with E-state index in [4.69, 9.17) is 4.74 Å². The molecule has 0 saturated carbocycles. The second-order valence-electron chi connectivity index (χ2n) is 5.63. The molecular weight excluding hydrogens is 246 g/mol. The quantitative estimate of drug-likeness (QED) is 0.823. The van der Waals surface area contributed by atoms with Gasteiger partial charge in [-0.3, -0.25) is 4.90 Å². The van der Waals surface area contributed by atoms with Gasteiger partial charge in [0.05, 0.1) is 17.8 Å². The molecule has 1 aromatic heterocycles. The van der Waals surface area contributed by atoms with Crippen molar-refractivity contribution in [1.82, 2.24) is 15.2 Å². The zero-order chi connectivity index (χ0) is 13.6. The van der Waals surface area contributed by atoms with Gasteiger partial charge in [0.1, 0.15) is 0 Å². The molecule has 1 aromatic rings. The third-order valence-corrected chi connectivity index (χ3v) is 3.38. The first kappa shape index (κ1) is 15.6. The summed E-state index contributed by atoms with van der Waals surface area (Å²) in [5, 5.41) is 5.62. The Morgan fingerprint density at radius 2 is 2.22 bits per heavy atom. The number of hydrogen-bond acceptors (Lipinski definition) is 5. The number of aromatic nitrogens is 1. The highest BCUT2D eigenvalue weighted by atomic mass is 32.1. The first-order chi connectivity index (χ1) is 8.42. The maximum atomic E-state index is 5.31. The van der Waals surface area contributed by atoms with E-state index in [9.17, 15) is 0 Å². The molecule has 0 aliphatic carbocycles. The Balaban J connectivity index is 2.49. The van der Waals surface area contributed by atoms with Gasteiger partial charge in [-0.25, -0.2) is 4.98 Å². The summed E-state index contributed by atoms with van der Waals surface area (Å²) in [6, 6.07) is 0.357. The molecule has 0 spiro atoms. The van der Waals surface area contributed by atoms with Gasteiger partial charge in [0.2, 0.25) is 0 Å². The molecule has 0 fully saturated rings. The first-order valence-electron chi connectivity index (χ1n) is 6.23. The molecule has 1 atom stereocenters. The van der Waals surface area contributed by atoms with Gasteiger partial charge in [-0.15, -0.1) is 11.3 Å². The van der Waals surface area contributed by atoms with Crippen LogP contribution in [0, 0.1) is 0 Å². The number of nitrogens with zero attached hydrogens (tertiary/aromatic N) is 2. The third-order valence-electron chi connectivity index (χ3n) is 2.75. The van der Waals surface area contributed by atoms with Crippen LogP contribution >= 0.6 is 11.3 Å². The topological polar surface area (TPSA) is 37.4 Å². The van der Waals surface area contributed by atoms with Crippen molar-refractivity contribution in [1.29, 1.82) is 0 Å². The largest absolute Gasteiger partial charge is 0.383 e. The van der Waals surface area contributed by atoms with Crippen molar-refractivity contribution in [2.75, 3.05) is 27.3 Å². The van der Waals surface area contributed by atoms with Crippen molar-refractivity contribution in [3.8, 4) is 0 Å². The van der Waals surface area contributed by atoms with Crippen LogP contribution in [0.3, 0.4) is 0 Å². The Morgan fingerprint density at radius 3 is 2.72 bits per heavy atom. The number of likely N-dealkylation sites (N-methyl/N-ethyl adjacent to an activating group) is 1. The van der Waals surface area contributed by atoms with Crippen LogP contribution in [-0.2, 0) is 11.3 Å². The van der Waals surface area contributed by atoms with Crippen molar-refractivity contribution in [3.05, 3.63) is 16.6 Å². The number of rotatable bonds is 7. The Kier molecular flexibility index (Phi) is 6.21. The summed E-state index contributed by atoms with van der Waals surface area (Å²) in [6.45, 7) is 9.04. The van der Waals surface area contributed by atoms with Gasteiger partial charge in [0.25, 0.3) is 0 Å². The molecular formula is C13H25N3OS. The summed E-state index contributed by atoms with van der Waals surface area (Å²) in [6.07, 6.45) is 0. The van der Waals surface area contributed by atoms with Gasteiger partial charge in [-0.2, -0.15) is 0 Å². The number of hydrogen-bond donors (Lipinski definition) is 1. The molecule has 5 heteroatoms. The zero-order valence-electron chi connectivity index (χ0n) is 12.1. The second-order valence-corrected chi connectivity index (χ2v) is 6.35. The molecule has 0 aliphatic rings. The molecule has 0 radical (unpaired) electrons. The van der Waals surface area contributed by atoms with Crippen molar-refractivity contribution < 1.29 is 4.74 Å². The van der Waals surface area contributed by atoms with Crippen LogP contribution < -0.4 is 5.32 Å². The van der Waals surface area contributed by atoms with Crippen LogP contribution in [0.4, 0.5) is 0 Å². The molecule has 1 N–H and O–H groups in total. The lowest BCUT2D eigenvalue weighted by Crippen LogP contribution is -2.48. The summed E-state index contributed by atoms with van der Waals surface area (Å²) in [4.78, 5) is 6.61. The van der Waals surface area contributed by atoms with E-state index in [1.54, 1.807) is 18.4 Å². The van der Waals surface area contributed by atoms with Gasteiger partial charge in [-0.05, 0) is 27.8 Å². The van der Waals surface area contributed by atoms with Gasteiger partial charge in [0.15, 0.2) is 0 Å². The predicted octanol–water partition coefficient (Wildman–Crippen LogP) is 1.98. The van der Waals surface area contributed by atoms with E-state index in [0.717, 1.165) is 25.4 Å². The smallest absolute Gasteiger partial charge is 0.0795 e. The minimum atomic E-state index is 0.132. The number of ether oxygens (including phenoxy) is 1. The van der Waals surface area contributed by atoms with Gasteiger partial charge < -0.3 is 10.1 Å². The maximum absolute atomic E-state index is 5.31. The lowest BCUT2D eigenvalue weighted by Gasteiger charge is -2.30. The van der Waals surface area contributed by atoms with Crippen LogP contribution in [0.2, 0.25) is 0 Å². The molecule has 0 bridgehead atoms. The molecule has 1 heterocycles. The number of nitrogens with one attached hydrogen (secondary N) is 1. The van der Waals surface area contributed by atoms with E-state index < -0.39 is 0 Å². The highest BCUT2D eigenvalue weighted by Crippen LogP contribution is 2.08. The fourth-order valence-corrected chi connectivity index (χ4v) is 2.21. The van der Waals surface area contributed by atoms with E-state index in [-0.39, 0.29) is 5.54 Å². The average molecular weight is 271 g/mol. The van der Waals surface area contributed by atoms with E-state index in [0.29, 0.717) is 6.04 Å². The van der Waals surface area contributed by atoms with E-state index in [1.807, 2.05) is 5.51 Å². The summed E-state index contributed by atoms with van der Waals surface area (Å²) < 4.78 is 5.31. The monoisotopic (exact) mass is 271 g/mol. The van der Waals surface area contributed by atoms with Crippen molar-refractivity contribution in [3.63, 3.8) is 0 Å². The fourth-order valence-electron chi connectivity index (χ4n) is 1.66. The molecule has 0 saturated heterocycles. The van der Waals surface area contributed by atoms with Gasteiger partial charge in [0, 0.05) is 37.2 Å². The summed E-state index contributed by atoms with van der Waals surface area (Å²) in [7, 11) is 3.87. The predicted molar refractivity (Wildman–Crippen MR) is 77.0 cm³/mol. The normalized spacial score (nSPS) is 14.1. The lowest BCUT2D eigenvalue weighted by atomic mass is 10.1. The summed E-state index contributed by atoms with van der Waals surface area (Å²) in [5.41, 5.74) is 3.13. The van der Waals surface area contributed by atoms with E-state index in [2.05, 4.69) is 48.4 Å². The molecule has 4 nitrogen and oxygen atoms in total. The molecule has 18 heavy (non-hydrogen) atoms. The molecule has 1 unspecified atom stereocenters. The molecule has 1 rings (SSSR count). The van der Waals surface area contributed by atoms with Crippen LogP contribution in [0.15, 0.2) is 10.9 Å². The van der Waals surface area contributed by atoms with Crippen LogP contribution in [0.5, 0.6) is 0 Å². The molecule has 104 valence electrons. The minimum Gasteiger partial charge on any atom is -0.383 e. The van der Waals surface area contributed by atoms with E-state index >= 15 is 0 Å². The Bertz CT molecular complexity index is 321. The van der Waals surface area contributed by atoms with Gasteiger partial charge >= 0.3 is 0 Å². The standard InChI is InChI=1S/C13H25N3OS/c1-13(2,3)15-6-12(8-17-5)16(4)7-11-9-18-10-14-11/h9-10,12,15H,6-8H2,1-5H3. The Morgan fingerprint density at radius 1 is 1.50 bits per heavy atom. The lowest BCUT2D eigenvalue weighted by molar-refractivity contribution is 0.0967. The van der Waals surface area contributed by atoms with Crippen LogP contribution in [-0.4, -0.2) is 48.8 Å². The highest BCUT2D eigenvalue weighted by Gasteiger charge is 2.18. The summed E-state index contributed by atoms with van der Waals surface area (Å²) in [5.74, 6) is 0. The highest BCUT2D eigenvalue weighted by molar-refractivity contribution is 7.07. The van der Waals surface area contributed by atoms with Crippen molar-refractivity contribution >= 4 is 11.3 Å². The zero-order valence-corrected chi connectivity index (χ0v) is 12.9. The minimum absolute atomic E-state index is 0.132. The number of methoxy groups -OCH3 is 1. The number of thiazole rings is 1. The third kappa shape index (κ3) is 5.91. The summed E-state index contributed by atoms with van der Waals surface area (Å²) >= 11 is 1.64. The maximum Gasteiger partial charge on any atom is 0.0795 e. The van der Waals surface area contributed by atoms with Crippen molar-refractivity contribution in [2.24, 2.45) is 0 Å². The second kappa shape index (κ2) is 7.19. The van der Waals surface area contributed by atoms with E-state index in [1.165, 1.54) is 0 Å². The SMILES string of the molecule is COCC(CNC(C)(C)C)N(C)Cc1cscn1. The molecule has 0 amide bonds. The van der Waals surface area contributed by atoms with Crippen LogP contribution in [0.25, 0.3) is 0 Å². The van der Waals surface area contributed by atoms with Crippen LogP contribution in [0.1, 0.15) is 26.5 Å². The first-order valence-corrected chi connectivity index (χ1v) is 7.18. The Labute approximate surface area is 114 Å². The Hall–Kier alpha value is -0.490.